The van der Waals surface area contributed by atoms with Gasteiger partial charge in [0.15, 0.2) is 16.1 Å². The molecule has 0 aromatic carbocycles. The van der Waals surface area contributed by atoms with E-state index in [9.17, 15) is 4.79 Å². The lowest BCUT2D eigenvalue weighted by molar-refractivity contribution is -0.133. The molecule has 0 unspecified atom stereocenters. The fourth-order valence-corrected chi connectivity index (χ4v) is 1.94. The van der Waals surface area contributed by atoms with E-state index in [0.29, 0.717) is 16.7 Å². The van der Waals surface area contributed by atoms with Crippen LogP contribution in [0.2, 0.25) is 5.22 Å². The number of furan rings is 1. The molecule has 0 fully saturated rings. The van der Waals surface area contributed by atoms with Gasteiger partial charge in [-0.2, -0.15) is 4.98 Å². The summed E-state index contributed by atoms with van der Waals surface area (Å²) in [6, 6.07) is 3.25. The van der Waals surface area contributed by atoms with E-state index in [2.05, 4.69) is 10.1 Å². The Morgan fingerprint density at radius 3 is 3.00 bits per heavy atom. The van der Waals surface area contributed by atoms with Gasteiger partial charge in [0.25, 0.3) is 0 Å². The third-order valence-corrected chi connectivity index (χ3v) is 3.05. The van der Waals surface area contributed by atoms with Gasteiger partial charge >= 0.3 is 5.97 Å². The van der Waals surface area contributed by atoms with E-state index in [1.54, 1.807) is 19.2 Å². The third-order valence-electron chi connectivity index (χ3n) is 1.84. The van der Waals surface area contributed by atoms with Gasteiger partial charge in [-0.05, 0) is 23.7 Å². The third kappa shape index (κ3) is 2.80. The van der Waals surface area contributed by atoms with Crippen molar-refractivity contribution in [1.82, 2.24) is 14.8 Å². The van der Waals surface area contributed by atoms with E-state index in [0.717, 1.165) is 11.8 Å². The first-order chi connectivity index (χ1) is 8.06. The highest BCUT2D eigenvalue weighted by molar-refractivity contribution is 7.99. The summed E-state index contributed by atoms with van der Waals surface area (Å²) in [4.78, 5) is 14.6. The Bertz CT molecular complexity index is 551. The molecule has 0 atom stereocenters. The summed E-state index contributed by atoms with van der Waals surface area (Å²) in [5.74, 6) is -0.133. The van der Waals surface area contributed by atoms with Gasteiger partial charge in [0.2, 0.25) is 5.82 Å². The zero-order valence-corrected chi connectivity index (χ0v) is 10.3. The van der Waals surface area contributed by atoms with E-state index in [4.69, 9.17) is 21.1 Å². The van der Waals surface area contributed by atoms with Crippen molar-refractivity contribution in [1.29, 1.82) is 0 Å². The topological polar surface area (TPSA) is 81.2 Å². The van der Waals surface area contributed by atoms with Crippen LogP contribution in [0.5, 0.6) is 0 Å². The summed E-state index contributed by atoms with van der Waals surface area (Å²) in [5.41, 5.74) is 0. The average molecular weight is 274 g/mol. The summed E-state index contributed by atoms with van der Waals surface area (Å²) in [6.45, 7) is 0. The van der Waals surface area contributed by atoms with Gasteiger partial charge in [0.05, 0.1) is 5.75 Å². The first kappa shape index (κ1) is 12.0. The fourth-order valence-electron chi connectivity index (χ4n) is 1.16. The molecule has 17 heavy (non-hydrogen) atoms. The molecule has 0 radical (unpaired) electrons. The molecule has 1 N–H and O–H groups in total. The highest BCUT2D eigenvalue weighted by Gasteiger charge is 2.13. The van der Waals surface area contributed by atoms with Crippen molar-refractivity contribution in [3.05, 3.63) is 17.4 Å². The van der Waals surface area contributed by atoms with Gasteiger partial charge in [-0.1, -0.05) is 11.8 Å². The second kappa shape index (κ2) is 4.80. The second-order valence-corrected chi connectivity index (χ2v) is 4.44. The molecule has 0 aliphatic carbocycles. The number of carboxylic acids is 1. The van der Waals surface area contributed by atoms with Gasteiger partial charge in [0, 0.05) is 7.05 Å². The lowest BCUT2D eigenvalue weighted by atomic mass is 10.4. The SMILES string of the molecule is Cn1nc(-c2ccc(Cl)o2)nc1SCC(=O)O. The maximum Gasteiger partial charge on any atom is 0.313 e. The summed E-state index contributed by atoms with van der Waals surface area (Å²) in [6.07, 6.45) is 0. The summed E-state index contributed by atoms with van der Waals surface area (Å²) < 4.78 is 6.66. The number of halogens is 1. The lowest BCUT2D eigenvalue weighted by Gasteiger charge is -1.94. The second-order valence-electron chi connectivity index (χ2n) is 3.13. The van der Waals surface area contributed by atoms with Crippen LogP contribution >= 0.6 is 23.4 Å². The van der Waals surface area contributed by atoms with Gasteiger partial charge in [-0.15, -0.1) is 5.10 Å². The van der Waals surface area contributed by atoms with E-state index in [1.165, 1.54) is 4.68 Å². The predicted molar refractivity (Wildman–Crippen MR) is 62.1 cm³/mol. The molecule has 6 nitrogen and oxygen atoms in total. The number of aryl methyl sites for hydroxylation is 1. The van der Waals surface area contributed by atoms with Crippen molar-refractivity contribution in [3.8, 4) is 11.6 Å². The molecule has 0 aliphatic rings. The van der Waals surface area contributed by atoms with Crippen LogP contribution in [0.3, 0.4) is 0 Å². The van der Waals surface area contributed by atoms with Crippen molar-refractivity contribution in [3.63, 3.8) is 0 Å². The molecule has 0 saturated carbocycles. The van der Waals surface area contributed by atoms with Crippen LogP contribution in [-0.2, 0) is 11.8 Å². The molecular weight excluding hydrogens is 266 g/mol. The van der Waals surface area contributed by atoms with Crippen molar-refractivity contribution in [2.75, 3.05) is 5.75 Å². The molecule has 2 aromatic rings. The number of carboxylic acid groups (broad SMARTS) is 1. The van der Waals surface area contributed by atoms with E-state index in [1.807, 2.05) is 0 Å². The zero-order chi connectivity index (χ0) is 12.4. The van der Waals surface area contributed by atoms with E-state index in [-0.39, 0.29) is 11.0 Å². The molecule has 0 saturated heterocycles. The molecule has 2 heterocycles. The van der Waals surface area contributed by atoms with Gasteiger partial charge < -0.3 is 9.52 Å². The molecule has 0 amide bonds. The Hall–Kier alpha value is -1.47. The minimum absolute atomic E-state index is 0.0646. The standard InChI is InChI=1S/C9H8ClN3O3S/c1-13-9(17-4-7(14)15)11-8(12-13)5-2-3-6(10)16-5/h2-3H,4H2,1H3,(H,14,15). The molecule has 2 rings (SSSR count). The number of aliphatic carboxylic acids is 1. The Morgan fingerprint density at radius 1 is 1.65 bits per heavy atom. The van der Waals surface area contributed by atoms with E-state index >= 15 is 0 Å². The van der Waals surface area contributed by atoms with Crippen LogP contribution in [-0.4, -0.2) is 31.6 Å². The summed E-state index contributed by atoms with van der Waals surface area (Å²) in [5, 5.41) is 13.5. The molecule has 0 spiro atoms. The smallest absolute Gasteiger partial charge is 0.313 e. The number of rotatable bonds is 4. The largest absolute Gasteiger partial charge is 0.481 e. The predicted octanol–water partition coefficient (Wildman–Crippen LogP) is 1.91. The maximum absolute atomic E-state index is 10.4. The number of thioether (sulfide) groups is 1. The van der Waals surface area contributed by atoms with Crippen molar-refractivity contribution < 1.29 is 14.3 Å². The highest BCUT2D eigenvalue weighted by Crippen LogP contribution is 2.24. The zero-order valence-electron chi connectivity index (χ0n) is 8.75. The van der Waals surface area contributed by atoms with Gasteiger partial charge in [0.1, 0.15) is 0 Å². The number of carbonyl (C=O) groups is 1. The quantitative estimate of drug-likeness (QED) is 0.857. The van der Waals surface area contributed by atoms with Crippen LogP contribution in [0, 0.1) is 0 Å². The minimum Gasteiger partial charge on any atom is -0.481 e. The van der Waals surface area contributed by atoms with Crippen LogP contribution in [0.4, 0.5) is 0 Å². The molecule has 90 valence electrons. The molecule has 0 bridgehead atoms. The highest BCUT2D eigenvalue weighted by atomic mass is 35.5. The van der Waals surface area contributed by atoms with Crippen LogP contribution in [0.15, 0.2) is 21.7 Å². The van der Waals surface area contributed by atoms with Crippen LogP contribution in [0.1, 0.15) is 0 Å². The van der Waals surface area contributed by atoms with Gasteiger partial charge in [-0.3, -0.25) is 4.79 Å². The Morgan fingerprint density at radius 2 is 2.41 bits per heavy atom. The summed E-state index contributed by atoms with van der Waals surface area (Å²) >= 11 is 6.74. The van der Waals surface area contributed by atoms with Gasteiger partial charge in [-0.25, -0.2) is 4.68 Å². The maximum atomic E-state index is 10.4. The number of nitrogens with zero attached hydrogens (tertiary/aromatic N) is 3. The molecule has 8 heteroatoms. The van der Waals surface area contributed by atoms with Crippen LogP contribution in [0.25, 0.3) is 11.6 Å². The lowest BCUT2D eigenvalue weighted by Crippen LogP contribution is -2.00. The fraction of sp³-hybridized carbons (Fsp3) is 0.222. The number of hydrogen-bond donors (Lipinski definition) is 1. The summed E-state index contributed by atoms with van der Waals surface area (Å²) in [7, 11) is 1.69. The molecule has 0 aliphatic heterocycles. The van der Waals surface area contributed by atoms with Crippen LogP contribution < -0.4 is 0 Å². The van der Waals surface area contributed by atoms with Crippen molar-refractivity contribution >= 4 is 29.3 Å². The number of hydrogen-bond acceptors (Lipinski definition) is 5. The van der Waals surface area contributed by atoms with E-state index < -0.39 is 5.97 Å². The Balaban J connectivity index is 2.21. The van der Waals surface area contributed by atoms with Crippen molar-refractivity contribution in [2.24, 2.45) is 7.05 Å². The monoisotopic (exact) mass is 273 g/mol. The van der Waals surface area contributed by atoms with Crippen molar-refractivity contribution in [2.45, 2.75) is 5.16 Å². The first-order valence-corrected chi connectivity index (χ1v) is 5.94. The first-order valence-electron chi connectivity index (χ1n) is 4.57. The Kier molecular flexibility index (Phi) is 3.39. The number of aromatic nitrogens is 3. The normalized spacial score (nSPS) is 10.7. The average Bonchev–Trinajstić information content (AvgIpc) is 2.82. The molecular formula is C9H8ClN3O3S. The minimum atomic E-state index is -0.902. The Labute approximate surface area is 106 Å². The molecule has 2 aromatic heterocycles.